The minimum Gasteiger partial charge on any atom is -0.444 e. The molecule has 4 rings (SSSR count). The van der Waals surface area contributed by atoms with Crippen LogP contribution in [0, 0.1) is 5.92 Å². The molecule has 2 fully saturated rings. The predicted molar refractivity (Wildman–Crippen MR) is 95.2 cm³/mol. The molecule has 3 aliphatic rings. The number of hydrogen-bond donors (Lipinski definition) is 1. The van der Waals surface area contributed by atoms with Crippen molar-refractivity contribution >= 4 is 6.09 Å². The maximum absolute atomic E-state index is 12.5. The van der Waals surface area contributed by atoms with Gasteiger partial charge in [-0.2, -0.15) is 0 Å². The van der Waals surface area contributed by atoms with Gasteiger partial charge in [0.25, 0.3) is 0 Å². The number of carbonyl (C=O) groups excluding carboxylic acids is 1. The average molecular weight is 346 g/mol. The molecule has 138 valence electrons. The summed E-state index contributed by atoms with van der Waals surface area (Å²) in [4.78, 5) is 19.2. The van der Waals surface area contributed by atoms with E-state index in [9.17, 15) is 4.79 Å². The van der Waals surface area contributed by atoms with E-state index in [0.717, 1.165) is 44.6 Å². The van der Waals surface area contributed by atoms with Crippen LogP contribution in [0.5, 0.6) is 0 Å². The zero-order valence-electron chi connectivity index (χ0n) is 15.6. The molecule has 1 saturated heterocycles. The largest absolute Gasteiger partial charge is 0.444 e. The van der Waals surface area contributed by atoms with Crippen LogP contribution in [0.2, 0.25) is 0 Å². The number of nitrogens with one attached hydrogen (secondary N) is 1. The third-order valence-corrected chi connectivity index (χ3v) is 5.61. The zero-order chi connectivity index (χ0) is 17.6. The quantitative estimate of drug-likeness (QED) is 0.914. The van der Waals surface area contributed by atoms with E-state index in [-0.39, 0.29) is 12.1 Å². The van der Waals surface area contributed by atoms with Gasteiger partial charge in [0.2, 0.25) is 0 Å². The van der Waals surface area contributed by atoms with Gasteiger partial charge in [-0.05, 0) is 52.4 Å². The van der Waals surface area contributed by atoms with Gasteiger partial charge < -0.3 is 19.5 Å². The molecule has 1 aromatic heterocycles. The zero-order valence-corrected chi connectivity index (χ0v) is 15.6. The van der Waals surface area contributed by atoms with Crippen molar-refractivity contribution in [3.63, 3.8) is 0 Å². The van der Waals surface area contributed by atoms with Crippen molar-refractivity contribution in [2.75, 3.05) is 6.54 Å². The number of carbonyl (C=O) groups is 1. The van der Waals surface area contributed by atoms with Crippen molar-refractivity contribution in [1.29, 1.82) is 0 Å². The molecule has 0 radical (unpaired) electrons. The highest BCUT2D eigenvalue weighted by atomic mass is 16.6. The molecule has 1 aliphatic carbocycles. The van der Waals surface area contributed by atoms with Crippen LogP contribution in [0.3, 0.4) is 0 Å². The summed E-state index contributed by atoms with van der Waals surface area (Å²) in [6.45, 7) is 8.51. The third kappa shape index (κ3) is 3.54. The molecule has 0 aromatic carbocycles. The highest BCUT2D eigenvalue weighted by Crippen LogP contribution is 2.38. The Bertz CT molecular complexity index is 625. The molecule has 3 atom stereocenters. The number of aryl methyl sites for hydroxylation is 2. The standard InChI is InChI=1S/C19H30N4O2/c1-19(2,3)25-18(24)23-11-13-8-15(16(23)9-13)20-10-14-12-22-7-5-4-6-17(22)21-14/h12-13,15-16,20H,4-11H2,1-3H3. The summed E-state index contributed by atoms with van der Waals surface area (Å²) in [6.07, 6.45) is 7.88. The molecule has 6 nitrogen and oxygen atoms in total. The molecule has 1 saturated carbocycles. The molecule has 0 spiro atoms. The summed E-state index contributed by atoms with van der Waals surface area (Å²) in [5.41, 5.74) is 0.695. The number of piperidine rings is 1. The number of hydrogen-bond acceptors (Lipinski definition) is 4. The normalized spacial score (nSPS) is 28.3. The van der Waals surface area contributed by atoms with Crippen LogP contribution in [0.15, 0.2) is 6.20 Å². The number of amides is 1. The molecule has 25 heavy (non-hydrogen) atoms. The van der Waals surface area contributed by atoms with Crippen LogP contribution in [0.1, 0.15) is 58.0 Å². The van der Waals surface area contributed by atoms with Crippen LogP contribution in [0.4, 0.5) is 4.79 Å². The first-order valence-corrected chi connectivity index (χ1v) is 9.67. The number of fused-ring (bicyclic) bond motifs is 3. The Morgan fingerprint density at radius 3 is 2.92 bits per heavy atom. The SMILES string of the molecule is CC(C)(C)OC(=O)N1CC2CC(NCc3cn4c(n3)CCCC4)C1C2. The van der Waals surface area contributed by atoms with Crippen molar-refractivity contribution in [3.05, 3.63) is 17.7 Å². The summed E-state index contributed by atoms with van der Waals surface area (Å²) in [5.74, 6) is 1.83. The Morgan fingerprint density at radius 1 is 1.36 bits per heavy atom. The molecule has 1 N–H and O–H groups in total. The van der Waals surface area contributed by atoms with Gasteiger partial charge in [0.1, 0.15) is 11.4 Å². The van der Waals surface area contributed by atoms with E-state index < -0.39 is 5.60 Å². The first kappa shape index (κ1) is 16.9. The van der Waals surface area contributed by atoms with Crippen LogP contribution in [0.25, 0.3) is 0 Å². The minimum atomic E-state index is -0.433. The van der Waals surface area contributed by atoms with Gasteiger partial charge in [0, 0.05) is 38.3 Å². The van der Waals surface area contributed by atoms with E-state index in [1.54, 1.807) is 0 Å². The van der Waals surface area contributed by atoms with Crippen molar-refractivity contribution < 1.29 is 9.53 Å². The van der Waals surface area contributed by atoms with Crippen LogP contribution in [-0.2, 0) is 24.2 Å². The fraction of sp³-hybridized carbons (Fsp3) is 0.789. The Labute approximate surface area is 149 Å². The second-order valence-electron chi connectivity index (χ2n) is 8.82. The predicted octanol–water partition coefficient (Wildman–Crippen LogP) is 2.71. The van der Waals surface area contributed by atoms with Crippen molar-refractivity contribution in [2.45, 2.75) is 83.6 Å². The first-order valence-electron chi connectivity index (χ1n) is 9.67. The number of nitrogens with zero attached hydrogens (tertiary/aromatic N) is 3. The Morgan fingerprint density at radius 2 is 2.20 bits per heavy atom. The Hall–Kier alpha value is -1.56. The fourth-order valence-electron chi connectivity index (χ4n) is 4.57. The second-order valence-corrected chi connectivity index (χ2v) is 8.82. The van der Waals surface area contributed by atoms with E-state index in [1.807, 2.05) is 25.7 Å². The van der Waals surface area contributed by atoms with Crippen LogP contribution >= 0.6 is 0 Å². The van der Waals surface area contributed by atoms with Gasteiger partial charge >= 0.3 is 6.09 Å². The lowest BCUT2D eigenvalue weighted by molar-refractivity contribution is 0.0157. The average Bonchev–Trinajstić information content (AvgIpc) is 3.23. The molecule has 1 amide bonds. The molecule has 3 heterocycles. The summed E-state index contributed by atoms with van der Waals surface area (Å²) < 4.78 is 7.88. The van der Waals surface area contributed by atoms with Crippen molar-refractivity contribution in [2.24, 2.45) is 5.92 Å². The summed E-state index contributed by atoms with van der Waals surface area (Å²) in [5, 5.41) is 3.66. The monoisotopic (exact) mass is 346 g/mol. The third-order valence-electron chi connectivity index (χ3n) is 5.61. The number of rotatable bonds is 3. The molecular formula is C19H30N4O2. The van der Waals surface area contributed by atoms with Crippen LogP contribution < -0.4 is 5.32 Å². The van der Waals surface area contributed by atoms with E-state index in [1.165, 1.54) is 18.7 Å². The minimum absolute atomic E-state index is 0.163. The molecule has 2 aliphatic heterocycles. The summed E-state index contributed by atoms with van der Waals surface area (Å²) in [7, 11) is 0. The first-order chi connectivity index (χ1) is 11.9. The van der Waals surface area contributed by atoms with E-state index in [4.69, 9.17) is 9.72 Å². The van der Waals surface area contributed by atoms with Crippen molar-refractivity contribution in [3.8, 4) is 0 Å². The summed E-state index contributed by atoms with van der Waals surface area (Å²) in [6, 6.07) is 0.613. The van der Waals surface area contributed by atoms with E-state index >= 15 is 0 Å². The summed E-state index contributed by atoms with van der Waals surface area (Å²) >= 11 is 0. The lowest BCUT2D eigenvalue weighted by Gasteiger charge is -2.35. The van der Waals surface area contributed by atoms with Gasteiger partial charge in [0.05, 0.1) is 11.7 Å². The fourth-order valence-corrected chi connectivity index (χ4v) is 4.57. The van der Waals surface area contributed by atoms with Gasteiger partial charge in [-0.3, -0.25) is 0 Å². The number of likely N-dealkylation sites (tertiary alicyclic amines) is 1. The molecular weight excluding hydrogens is 316 g/mol. The van der Waals surface area contributed by atoms with Crippen LogP contribution in [-0.4, -0.2) is 44.8 Å². The molecule has 3 unspecified atom stereocenters. The highest BCUT2D eigenvalue weighted by molar-refractivity contribution is 5.69. The smallest absolute Gasteiger partial charge is 0.410 e. The van der Waals surface area contributed by atoms with Crippen molar-refractivity contribution in [1.82, 2.24) is 19.8 Å². The molecule has 2 bridgehead atoms. The van der Waals surface area contributed by atoms with Gasteiger partial charge in [-0.1, -0.05) is 0 Å². The van der Waals surface area contributed by atoms with Gasteiger partial charge in [-0.25, -0.2) is 9.78 Å². The Kier molecular flexibility index (Phi) is 4.26. The lowest BCUT2D eigenvalue weighted by atomic mass is 10.1. The molecule has 6 heteroatoms. The molecule has 1 aromatic rings. The maximum Gasteiger partial charge on any atom is 0.410 e. The number of ether oxygens (including phenoxy) is 1. The Balaban J connectivity index is 1.35. The number of aromatic nitrogens is 2. The number of imidazole rings is 1. The lowest BCUT2D eigenvalue weighted by Crippen LogP contribution is -2.51. The topological polar surface area (TPSA) is 59.4 Å². The van der Waals surface area contributed by atoms with E-state index in [0.29, 0.717) is 12.0 Å². The maximum atomic E-state index is 12.5. The van der Waals surface area contributed by atoms with Gasteiger partial charge in [0.15, 0.2) is 0 Å². The highest BCUT2D eigenvalue weighted by Gasteiger charge is 2.47. The van der Waals surface area contributed by atoms with Gasteiger partial charge in [-0.15, -0.1) is 0 Å². The van der Waals surface area contributed by atoms with E-state index in [2.05, 4.69) is 16.1 Å². The second kappa shape index (κ2) is 6.31.